The van der Waals surface area contributed by atoms with Crippen LogP contribution in [0.25, 0.3) is 38.8 Å². The van der Waals surface area contributed by atoms with Gasteiger partial charge in [-0.3, -0.25) is 0 Å². The monoisotopic (exact) mass is 552 g/mol. The Morgan fingerprint density at radius 1 is 0.488 bits per heavy atom. The molecule has 0 bridgehead atoms. The van der Waals surface area contributed by atoms with Crippen LogP contribution >= 0.6 is 0 Å². The summed E-state index contributed by atoms with van der Waals surface area (Å²) in [5.74, 6) is 0. The second kappa shape index (κ2) is 9.89. The number of hydrogen-bond donors (Lipinski definition) is 0. The summed E-state index contributed by atoms with van der Waals surface area (Å²) in [7, 11) is 0. The molecule has 43 heavy (non-hydrogen) atoms. The lowest BCUT2D eigenvalue weighted by Gasteiger charge is -2.28. The van der Waals surface area contributed by atoms with Crippen LogP contribution in [0.4, 0.5) is 17.1 Å². The van der Waals surface area contributed by atoms with Gasteiger partial charge in [0.1, 0.15) is 0 Å². The Morgan fingerprint density at radius 2 is 1.12 bits per heavy atom. The summed E-state index contributed by atoms with van der Waals surface area (Å²) in [4.78, 5) is 2.37. The van der Waals surface area contributed by atoms with Crippen LogP contribution in [-0.4, -0.2) is 4.57 Å². The Morgan fingerprint density at radius 3 is 1.91 bits per heavy atom. The third-order valence-electron chi connectivity index (χ3n) is 9.02. The van der Waals surface area contributed by atoms with Crippen molar-refractivity contribution in [1.29, 1.82) is 0 Å². The molecule has 2 nitrogen and oxygen atoms in total. The molecule has 0 aliphatic heterocycles. The predicted octanol–water partition coefficient (Wildman–Crippen LogP) is 11.1. The summed E-state index contributed by atoms with van der Waals surface area (Å²) in [6.07, 6.45) is 2.15. The number of aromatic nitrogens is 1. The number of hydrogen-bond acceptors (Lipinski definition) is 1. The van der Waals surface area contributed by atoms with Crippen LogP contribution in [0.5, 0.6) is 0 Å². The summed E-state index contributed by atoms with van der Waals surface area (Å²) in [6.45, 7) is 4.68. The average molecular weight is 553 g/mol. The molecule has 1 aliphatic carbocycles. The first kappa shape index (κ1) is 25.4. The minimum atomic E-state index is -0.0493. The van der Waals surface area contributed by atoms with Crippen LogP contribution < -0.4 is 4.90 Å². The summed E-state index contributed by atoms with van der Waals surface area (Å²) >= 11 is 0. The van der Waals surface area contributed by atoms with Gasteiger partial charge in [0, 0.05) is 39.7 Å². The van der Waals surface area contributed by atoms with E-state index in [1.165, 1.54) is 55.7 Å². The first-order chi connectivity index (χ1) is 21.1. The second-order valence-electron chi connectivity index (χ2n) is 11.9. The van der Waals surface area contributed by atoms with Gasteiger partial charge in [-0.1, -0.05) is 98.8 Å². The number of benzene rings is 6. The van der Waals surface area contributed by atoms with Crippen molar-refractivity contribution >= 4 is 28.0 Å². The van der Waals surface area contributed by atoms with Crippen molar-refractivity contribution in [3.63, 3.8) is 0 Å². The van der Waals surface area contributed by atoms with Crippen LogP contribution in [0.15, 0.2) is 158 Å². The van der Waals surface area contributed by atoms with E-state index in [2.05, 4.69) is 181 Å². The SMILES string of the molecule is CC1(C)c2ccccc2-c2ccc(N(c3ccccc3)c3ccc(-c4ccc5c(ccn5-c5ccccc5)c4)cc3)cc21. The van der Waals surface area contributed by atoms with E-state index in [9.17, 15) is 0 Å². The fourth-order valence-electron chi connectivity index (χ4n) is 6.79. The zero-order valence-electron chi connectivity index (χ0n) is 24.4. The Kier molecular flexibility index (Phi) is 5.84. The van der Waals surface area contributed by atoms with Gasteiger partial charge in [0.15, 0.2) is 0 Å². The molecule has 1 aromatic heterocycles. The molecule has 1 aliphatic rings. The van der Waals surface area contributed by atoms with Gasteiger partial charge < -0.3 is 9.47 Å². The molecule has 206 valence electrons. The maximum absolute atomic E-state index is 2.39. The van der Waals surface area contributed by atoms with Gasteiger partial charge in [-0.15, -0.1) is 0 Å². The average Bonchev–Trinajstić information content (AvgIpc) is 3.59. The van der Waals surface area contributed by atoms with Crippen molar-refractivity contribution in [2.24, 2.45) is 0 Å². The van der Waals surface area contributed by atoms with E-state index < -0.39 is 0 Å². The predicted molar refractivity (Wildman–Crippen MR) is 181 cm³/mol. The molecule has 0 saturated carbocycles. The molecule has 0 unspecified atom stereocenters. The number of nitrogens with zero attached hydrogens (tertiary/aromatic N) is 2. The van der Waals surface area contributed by atoms with E-state index in [0.29, 0.717) is 0 Å². The summed E-state index contributed by atoms with van der Waals surface area (Å²) in [5, 5.41) is 1.23. The van der Waals surface area contributed by atoms with Crippen LogP contribution in [0, 0.1) is 0 Å². The van der Waals surface area contributed by atoms with Crippen LogP contribution in [0.3, 0.4) is 0 Å². The molecule has 0 radical (unpaired) electrons. The van der Waals surface area contributed by atoms with Crippen molar-refractivity contribution in [2.75, 3.05) is 4.90 Å². The van der Waals surface area contributed by atoms with Crippen molar-refractivity contribution < 1.29 is 0 Å². The van der Waals surface area contributed by atoms with Crippen molar-refractivity contribution in [3.8, 4) is 27.9 Å². The molecular formula is C41H32N2. The molecule has 0 amide bonds. The quantitative estimate of drug-likeness (QED) is 0.206. The lowest BCUT2D eigenvalue weighted by Crippen LogP contribution is -2.16. The van der Waals surface area contributed by atoms with Crippen molar-refractivity contribution in [3.05, 3.63) is 169 Å². The molecule has 1 heterocycles. The minimum absolute atomic E-state index is 0.0493. The van der Waals surface area contributed by atoms with Gasteiger partial charge in [-0.25, -0.2) is 0 Å². The zero-order chi connectivity index (χ0) is 29.0. The third kappa shape index (κ3) is 4.18. The van der Waals surface area contributed by atoms with Gasteiger partial charge in [-0.2, -0.15) is 0 Å². The van der Waals surface area contributed by atoms with E-state index in [1.807, 2.05) is 0 Å². The maximum Gasteiger partial charge on any atom is 0.0528 e. The molecule has 0 fully saturated rings. The highest BCUT2D eigenvalue weighted by molar-refractivity contribution is 5.88. The minimum Gasteiger partial charge on any atom is -0.317 e. The second-order valence-corrected chi connectivity index (χ2v) is 11.9. The molecular weight excluding hydrogens is 520 g/mol. The van der Waals surface area contributed by atoms with E-state index in [1.54, 1.807) is 0 Å². The first-order valence-corrected chi connectivity index (χ1v) is 14.9. The van der Waals surface area contributed by atoms with Crippen molar-refractivity contribution in [2.45, 2.75) is 19.3 Å². The Bertz CT molecular complexity index is 2080. The lowest BCUT2D eigenvalue weighted by atomic mass is 9.82. The topological polar surface area (TPSA) is 8.17 Å². The standard InChI is InChI=1S/C41H32N2/c1-41(2)38-16-10-9-15-36(38)37-23-22-35(28-39(37)41)43(33-13-7-4-8-14-33)34-20-17-29(18-21-34)30-19-24-40-31(27-30)25-26-42(40)32-11-5-3-6-12-32/h3-28H,1-2H3. The number of rotatable bonds is 5. The van der Waals surface area contributed by atoms with Crippen LogP contribution in [0.2, 0.25) is 0 Å². The van der Waals surface area contributed by atoms with Gasteiger partial charge in [0.25, 0.3) is 0 Å². The van der Waals surface area contributed by atoms with E-state index in [0.717, 1.165) is 11.4 Å². The molecule has 8 rings (SSSR count). The highest BCUT2D eigenvalue weighted by atomic mass is 15.1. The molecule has 0 spiro atoms. The van der Waals surface area contributed by atoms with E-state index >= 15 is 0 Å². The lowest BCUT2D eigenvalue weighted by molar-refractivity contribution is 0.660. The molecule has 7 aromatic rings. The van der Waals surface area contributed by atoms with E-state index in [-0.39, 0.29) is 5.41 Å². The summed E-state index contributed by atoms with van der Waals surface area (Å²) in [5.41, 5.74) is 13.7. The molecule has 0 N–H and O–H groups in total. The largest absolute Gasteiger partial charge is 0.317 e. The summed E-state index contributed by atoms with van der Waals surface area (Å²) < 4.78 is 2.25. The van der Waals surface area contributed by atoms with Gasteiger partial charge in [-0.05, 0) is 100 Å². The Labute approximate surface area is 253 Å². The number of fused-ring (bicyclic) bond motifs is 4. The van der Waals surface area contributed by atoms with Gasteiger partial charge >= 0.3 is 0 Å². The normalized spacial score (nSPS) is 13.1. The highest BCUT2D eigenvalue weighted by Gasteiger charge is 2.35. The Balaban J connectivity index is 1.17. The first-order valence-electron chi connectivity index (χ1n) is 14.9. The third-order valence-corrected chi connectivity index (χ3v) is 9.02. The fourth-order valence-corrected chi connectivity index (χ4v) is 6.79. The molecule has 0 atom stereocenters. The van der Waals surface area contributed by atoms with Crippen LogP contribution in [-0.2, 0) is 5.41 Å². The van der Waals surface area contributed by atoms with Gasteiger partial charge in [0.2, 0.25) is 0 Å². The van der Waals surface area contributed by atoms with Gasteiger partial charge in [0.05, 0.1) is 5.52 Å². The Hall–Kier alpha value is -5.34. The number of para-hydroxylation sites is 2. The summed E-state index contributed by atoms with van der Waals surface area (Å²) in [6, 6.07) is 54.9. The number of anilines is 3. The van der Waals surface area contributed by atoms with Crippen molar-refractivity contribution in [1.82, 2.24) is 4.57 Å². The molecule has 0 saturated heterocycles. The fraction of sp³-hybridized carbons (Fsp3) is 0.0732. The zero-order valence-corrected chi connectivity index (χ0v) is 24.4. The maximum atomic E-state index is 2.39. The molecule has 6 aromatic carbocycles. The van der Waals surface area contributed by atoms with Crippen LogP contribution in [0.1, 0.15) is 25.0 Å². The molecule has 2 heteroatoms. The smallest absolute Gasteiger partial charge is 0.0528 e. The highest BCUT2D eigenvalue weighted by Crippen LogP contribution is 2.50. The van der Waals surface area contributed by atoms with E-state index in [4.69, 9.17) is 0 Å².